The molecule has 34 heavy (non-hydrogen) atoms. The quantitative estimate of drug-likeness (QED) is 0.392. The molecule has 8 nitrogen and oxygen atoms in total. The van der Waals surface area contributed by atoms with Gasteiger partial charge < -0.3 is 19.8 Å². The number of rotatable bonds is 6. The number of nitrogens with one attached hydrogen (secondary N) is 2. The number of halogens is 3. The summed E-state index contributed by atoms with van der Waals surface area (Å²) in [4.78, 5) is 15.7. The lowest BCUT2D eigenvalue weighted by Crippen LogP contribution is -2.18. The number of pyridine rings is 1. The number of alkyl halides is 3. The summed E-state index contributed by atoms with van der Waals surface area (Å²) in [6, 6.07) is 13.6. The van der Waals surface area contributed by atoms with Gasteiger partial charge in [0.2, 0.25) is 5.89 Å². The highest BCUT2D eigenvalue weighted by Gasteiger charge is 2.32. The molecule has 0 fully saturated rings. The lowest BCUT2D eigenvalue weighted by Gasteiger charge is -2.11. The van der Waals surface area contributed by atoms with E-state index in [1.54, 1.807) is 30.3 Å². The summed E-state index contributed by atoms with van der Waals surface area (Å²) in [7, 11) is 1.51. The smallest absolute Gasteiger partial charge is 0.416 e. The van der Waals surface area contributed by atoms with E-state index in [0.29, 0.717) is 17.1 Å². The van der Waals surface area contributed by atoms with E-state index in [2.05, 4.69) is 25.8 Å². The van der Waals surface area contributed by atoms with Crippen LogP contribution >= 0.6 is 0 Å². The van der Waals surface area contributed by atoms with Gasteiger partial charge in [0.15, 0.2) is 0 Å². The fourth-order valence-corrected chi connectivity index (χ4v) is 3.05. The second-order valence-corrected chi connectivity index (χ2v) is 7.15. The van der Waals surface area contributed by atoms with Crippen LogP contribution in [0.4, 0.5) is 24.9 Å². The third-order valence-electron chi connectivity index (χ3n) is 4.75. The van der Waals surface area contributed by atoms with Crippen molar-refractivity contribution in [2.75, 3.05) is 12.4 Å². The molecule has 0 saturated carbocycles. The van der Waals surface area contributed by atoms with Crippen molar-refractivity contribution in [2.45, 2.75) is 13.1 Å². The Kier molecular flexibility index (Phi) is 6.17. The lowest BCUT2D eigenvalue weighted by molar-refractivity contribution is -0.138. The van der Waals surface area contributed by atoms with Crippen molar-refractivity contribution >= 4 is 17.6 Å². The molecule has 0 aliphatic carbocycles. The van der Waals surface area contributed by atoms with E-state index in [0.717, 1.165) is 6.07 Å². The van der Waals surface area contributed by atoms with Gasteiger partial charge in [0, 0.05) is 30.6 Å². The van der Waals surface area contributed by atoms with Crippen LogP contribution in [0.3, 0.4) is 0 Å². The van der Waals surface area contributed by atoms with E-state index in [-0.39, 0.29) is 34.8 Å². The summed E-state index contributed by atoms with van der Waals surface area (Å²) in [6.07, 6.45) is -3.00. The van der Waals surface area contributed by atoms with E-state index in [1.807, 2.05) is 0 Å². The average molecular weight is 469 g/mol. The summed E-state index contributed by atoms with van der Waals surface area (Å²) in [5, 5.41) is 13.0. The standard InChI is InChI=1S/C23H18F3N5O3/c1-13-3-6-15(11-18(13)23(24,25)26)29-22-31-30-21(34-22)14-4-7-16(8-5-14)33-17-9-10-28-19(12-17)20(32)27-2/h3-12H,1-2H3,(H,27,32)(H,29,31). The molecule has 0 aliphatic heterocycles. The second kappa shape index (κ2) is 9.22. The van der Waals surface area contributed by atoms with E-state index < -0.39 is 11.7 Å². The third-order valence-corrected chi connectivity index (χ3v) is 4.75. The highest BCUT2D eigenvalue weighted by Crippen LogP contribution is 2.34. The van der Waals surface area contributed by atoms with Gasteiger partial charge in [0.1, 0.15) is 17.2 Å². The number of carbonyl (C=O) groups is 1. The Bertz CT molecular complexity index is 1320. The molecule has 2 aromatic carbocycles. The third kappa shape index (κ3) is 5.14. The molecule has 0 atom stereocenters. The number of aromatic nitrogens is 3. The van der Waals surface area contributed by atoms with Crippen LogP contribution in [0.2, 0.25) is 0 Å². The van der Waals surface area contributed by atoms with Crippen LogP contribution in [0.15, 0.2) is 65.2 Å². The molecule has 0 bridgehead atoms. The molecule has 0 unspecified atom stereocenters. The van der Waals surface area contributed by atoms with Crippen molar-refractivity contribution < 1.29 is 27.1 Å². The van der Waals surface area contributed by atoms with Gasteiger partial charge in [-0.1, -0.05) is 11.2 Å². The second-order valence-electron chi connectivity index (χ2n) is 7.15. The first-order valence-corrected chi connectivity index (χ1v) is 9.98. The zero-order valence-electron chi connectivity index (χ0n) is 18.0. The molecule has 11 heteroatoms. The van der Waals surface area contributed by atoms with Gasteiger partial charge in [0.25, 0.3) is 5.91 Å². The zero-order valence-corrected chi connectivity index (χ0v) is 18.0. The van der Waals surface area contributed by atoms with Crippen molar-refractivity contribution in [3.63, 3.8) is 0 Å². The van der Waals surface area contributed by atoms with Gasteiger partial charge >= 0.3 is 12.2 Å². The predicted molar refractivity (Wildman–Crippen MR) is 117 cm³/mol. The Balaban J connectivity index is 1.46. The van der Waals surface area contributed by atoms with Gasteiger partial charge in [-0.2, -0.15) is 13.2 Å². The van der Waals surface area contributed by atoms with Gasteiger partial charge in [-0.3, -0.25) is 9.78 Å². The van der Waals surface area contributed by atoms with E-state index in [4.69, 9.17) is 9.15 Å². The summed E-state index contributed by atoms with van der Waals surface area (Å²) >= 11 is 0. The maximum atomic E-state index is 13.1. The Morgan fingerprint density at radius 1 is 1.00 bits per heavy atom. The fraction of sp³-hybridized carbons (Fsp3) is 0.130. The highest BCUT2D eigenvalue weighted by molar-refractivity contribution is 5.92. The van der Waals surface area contributed by atoms with Crippen LogP contribution in [0, 0.1) is 6.92 Å². The van der Waals surface area contributed by atoms with Gasteiger partial charge in [-0.25, -0.2) is 0 Å². The summed E-state index contributed by atoms with van der Waals surface area (Å²) in [6.45, 7) is 1.39. The molecule has 2 heterocycles. The zero-order chi connectivity index (χ0) is 24.3. The molecule has 0 aliphatic rings. The number of hydrogen-bond acceptors (Lipinski definition) is 7. The number of aryl methyl sites for hydroxylation is 1. The maximum absolute atomic E-state index is 13.1. The Morgan fingerprint density at radius 3 is 2.47 bits per heavy atom. The van der Waals surface area contributed by atoms with E-state index >= 15 is 0 Å². The minimum Gasteiger partial charge on any atom is -0.457 e. The molecule has 4 rings (SSSR count). The number of hydrogen-bond donors (Lipinski definition) is 2. The molecule has 2 aromatic heterocycles. The molecular weight excluding hydrogens is 451 g/mol. The Labute approximate surface area is 191 Å². The monoisotopic (exact) mass is 469 g/mol. The Hall–Kier alpha value is -4.41. The average Bonchev–Trinajstić information content (AvgIpc) is 3.28. The first kappa shape index (κ1) is 22.8. The van der Waals surface area contributed by atoms with E-state index in [1.165, 1.54) is 38.4 Å². The Morgan fingerprint density at radius 2 is 1.76 bits per heavy atom. The minimum atomic E-state index is -4.47. The molecular formula is C23H18F3N5O3. The minimum absolute atomic E-state index is 0.0502. The van der Waals surface area contributed by atoms with Crippen molar-refractivity contribution in [1.82, 2.24) is 20.5 Å². The highest BCUT2D eigenvalue weighted by atomic mass is 19.4. The SMILES string of the molecule is CNC(=O)c1cc(Oc2ccc(-c3nnc(Nc4ccc(C)c(C(F)(F)F)c4)o3)cc2)ccn1. The van der Waals surface area contributed by atoms with Crippen LogP contribution < -0.4 is 15.4 Å². The van der Waals surface area contributed by atoms with Gasteiger partial charge in [-0.05, 0) is 55.0 Å². The number of nitrogens with zero attached hydrogens (tertiary/aromatic N) is 3. The van der Waals surface area contributed by atoms with Crippen molar-refractivity contribution in [3.05, 3.63) is 77.6 Å². The van der Waals surface area contributed by atoms with Crippen molar-refractivity contribution in [3.8, 4) is 23.0 Å². The molecule has 1 amide bonds. The number of anilines is 2. The predicted octanol–water partition coefficient (Wildman–Crippen LogP) is 5.35. The molecule has 0 spiro atoms. The molecule has 0 radical (unpaired) electrons. The van der Waals surface area contributed by atoms with Crippen LogP contribution in [-0.4, -0.2) is 28.1 Å². The number of ether oxygens (including phenoxy) is 1. The van der Waals surface area contributed by atoms with Crippen LogP contribution in [0.1, 0.15) is 21.6 Å². The summed E-state index contributed by atoms with van der Waals surface area (Å²) in [5.41, 5.74) is 0.338. The topological polar surface area (TPSA) is 102 Å². The van der Waals surface area contributed by atoms with Gasteiger partial charge in [-0.15, -0.1) is 5.10 Å². The molecule has 2 N–H and O–H groups in total. The van der Waals surface area contributed by atoms with Gasteiger partial charge in [0.05, 0.1) is 5.56 Å². The van der Waals surface area contributed by atoms with Crippen molar-refractivity contribution in [2.24, 2.45) is 0 Å². The maximum Gasteiger partial charge on any atom is 0.416 e. The number of carbonyl (C=O) groups excluding carboxylic acids is 1. The first-order chi connectivity index (χ1) is 16.2. The fourth-order valence-electron chi connectivity index (χ4n) is 3.05. The molecule has 4 aromatic rings. The number of benzene rings is 2. The largest absolute Gasteiger partial charge is 0.457 e. The summed E-state index contributed by atoms with van der Waals surface area (Å²) < 4.78 is 50.7. The molecule has 174 valence electrons. The number of amides is 1. The van der Waals surface area contributed by atoms with Crippen LogP contribution in [-0.2, 0) is 6.18 Å². The summed E-state index contributed by atoms with van der Waals surface area (Å²) in [5.74, 6) is 0.766. The first-order valence-electron chi connectivity index (χ1n) is 9.98. The van der Waals surface area contributed by atoms with Crippen LogP contribution in [0.25, 0.3) is 11.5 Å². The molecule has 0 saturated heterocycles. The lowest BCUT2D eigenvalue weighted by atomic mass is 10.1. The van der Waals surface area contributed by atoms with Crippen LogP contribution in [0.5, 0.6) is 11.5 Å². The van der Waals surface area contributed by atoms with E-state index in [9.17, 15) is 18.0 Å². The van der Waals surface area contributed by atoms with Crippen molar-refractivity contribution in [1.29, 1.82) is 0 Å². The normalized spacial score (nSPS) is 11.2.